The lowest BCUT2D eigenvalue weighted by Gasteiger charge is -2.38. The maximum Gasteiger partial charge on any atom is 0.315 e. The van der Waals surface area contributed by atoms with Crippen LogP contribution in [0.2, 0.25) is 0 Å². The van der Waals surface area contributed by atoms with Crippen molar-refractivity contribution in [2.45, 2.75) is 163 Å². The van der Waals surface area contributed by atoms with Crippen molar-refractivity contribution in [3.05, 3.63) is 0 Å². The van der Waals surface area contributed by atoms with Gasteiger partial charge in [-0.3, -0.25) is 33.6 Å². The van der Waals surface area contributed by atoms with Crippen LogP contribution in [0.1, 0.15) is 121 Å². The number of nitrogens with zero attached hydrogens (tertiary/aromatic N) is 2. The molecule has 2 heterocycles. The number of aliphatic hydroxyl groups excluding tert-OH is 1. The van der Waals surface area contributed by atoms with E-state index in [2.05, 4.69) is 59.6 Å². The molecular formula is C48H82ClN9O9. The molecule has 0 radical (unpaired) electrons. The van der Waals surface area contributed by atoms with Crippen molar-refractivity contribution in [3.63, 3.8) is 0 Å². The lowest BCUT2D eigenvalue weighted by Crippen LogP contribution is -2.61. The monoisotopic (exact) mass is 964 g/mol. The van der Waals surface area contributed by atoms with E-state index in [-0.39, 0.29) is 70.5 Å². The quantitative estimate of drug-likeness (QED) is 0.111. The van der Waals surface area contributed by atoms with Gasteiger partial charge in [-0.2, -0.15) is 0 Å². The number of amides is 8. The van der Waals surface area contributed by atoms with Gasteiger partial charge in [-0.15, -0.1) is 12.4 Å². The second-order valence-corrected chi connectivity index (χ2v) is 23.4. The van der Waals surface area contributed by atoms with E-state index in [4.69, 9.17) is 5.73 Å². The SMILES string of the molecule is CNC(=O)C(=O)C(CC1CCC1)NC(=O)[C@@H]1[C@@H]2[C@H](CN1C(=O)[C@@H](N)C(C)(C)C)C2(C)C.CNC(=O)N[C@H](C(=O)N1C[C@H]2[C@@H]([C@H]1C(=O)NC(CC1CCC1)C(O)C(=O)NC)C2(C)C)C(C)(C)C.Cl. The van der Waals surface area contributed by atoms with Crippen molar-refractivity contribution in [3.8, 4) is 0 Å². The van der Waals surface area contributed by atoms with Gasteiger partial charge in [0, 0.05) is 34.2 Å². The summed E-state index contributed by atoms with van der Waals surface area (Å²) in [5, 5.41) is 26.5. The highest BCUT2D eigenvalue weighted by Crippen LogP contribution is 2.66. The number of hydrogen-bond donors (Lipinski definition) is 8. The summed E-state index contributed by atoms with van der Waals surface area (Å²) in [5.74, 6) is -2.00. The van der Waals surface area contributed by atoms with E-state index in [0.717, 1.165) is 38.5 Å². The molecule has 3 unspecified atom stereocenters. The molecule has 2 aliphatic heterocycles. The number of Topliss-reactive ketones (excluding diaryl/α,β-unsaturated/α-hetero) is 1. The van der Waals surface area contributed by atoms with Crippen LogP contribution in [0.3, 0.4) is 0 Å². The summed E-state index contributed by atoms with van der Waals surface area (Å²) in [6, 6.07) is -4.98. The van der Waals surface area contributed by atoms with Gasteiger partial charge in [0.1, 0.15) is 18.1 Å². The summed E-state index contributed by atoms with van der Waals surface area (Å²) < 4.78 is 0. The Morgan fingerprint density at radius 3 is 1.52 bits per heavy atom. The molecule has 18 nitrogen and oxygen atoms in total. The van der Waals surface area contributed by atoms with Gasteiger partial charge >= 0.3 is 6.03 Å². The smallest absolute Gasteiger partial charge is 0.315 e. The number of likely N-dealkylation sites (tertiary alicyclic amines) is 2. The zero-order valence-electron chi connectivity index (χ0n) is 42.2. The average molecular weight is 965 g/mol. The number of carbonyl (C=O) groups is 8. The summed E-state index contributed by atoms with van der Waals surface area (Å²) in [7, 11) is 4.35. The summed E-state index contributed by atoms with van der Waals surface area (Å²) in [6.45, 7) is 20.7. The number of urea groups is 1. The molecule has 6 rings (SSSR count). The molecule has 0 bridgehead atoms. The highest BCUT2D eigenvalue weighted by molar-refractivity contribution is 6.38. The number of rotatable bonds is 15. The first-order valence-corrected chi connectivity index (χ1v) is 24.1. The fraction of sp³-hybridized carbons (Fsp3) is 0.833. The Hall–Kier alpha value is -4.03. The summed E-state index contributed by atoms with van der Waals surface area (Å²) >= 11 is 0. The number of nitrogens with one attached hydrogen (secondary N) is 6. The molecule has 4 aliphatic carbocycles. The number of likely N-dealkylation sites (N-methyl/N-ethyl adjacent to an activating group) is 2. The van der Waals surface area contributed by atoms with Crippen LogP contribution in [-0.2, 0) is 33.6 Å². The molecule has 9 N–H and O–H groups in total. The van der Waals surface area contributed by atoms with E-state index in [1.807, 2.05) is 41.5 Å². The predicted molar refractivity (Wildman–Crippen MR) is 255 cm³/mol. The Kier molecular flexibility index (Phi) is 17.3. The van der Waals surface area contributed by atoms with E-state index in [1.54, 1.807) is 9.80 Å². The lowest BCUT2D eigenvalue weighted by molar-refractivity contribution is -0.145. The standard InChI is InChI=1S/C25H43N5O5.C23H38N4O4.ClH/c1-24(2,3)19(29-23(35)27-7)22(34)30-12-14-16(25(14,4)5)17(30)20(32)28-15(11-13-9-8-10-13)18(31)21(33)26-6;1-22(2,3)18(24)21(31)27-11-13-15(23(13,4)5)16(27)19(29)26-14(10-12-8-7-9-12)17(28)20(30)25-6;/h13-19,31H,8-12H2,1-7H3,(H,26,33)(H,28,32)(H2,27,29,35);12-16,18H,7-11,24H2,1-6H3,(H,25,30)(H,26,29);1H/t14-,15?,16-,17-,18?,19+;13-,14?,15-,16-,18+;/m00./s1. The van der Waals surface area contributed by atoms with Crippen LogP contribution < -0.4 is 37.6 Å². The van der Waals surface area contributed by atoms with Crippen LogP contribution in [0.25, 0.3) is 0 Å². The Morgan fingerprint density at radius 2 is 1.12 bits per heavy atom. The van der Waals surface area contributed by atoms with Crippen molar-refractivity contribution in [1.82, 2.24) is 41.7 Å². The van der Waals surface area contributed by atoms with Crippen molar-refractivity contribution < 1.29 is 43.5 Å². The highest BCUT2D eigenvalue weighted by atomic mass is 35.5. The van der Waals surface area contributed by atoms with Crippen LogP contribution in [0, 0.1) is 57.2 Å². The minimum Gasteiger partial charge on any atom is -0.381 e. The topological polar surface area (TPSA) is 261 Å². The van der Waals surface area contributed by atoms with E-state index in [1.165, 1.54) is 21.1 Å². The van der Waals surface area contributed by atoms with Crippen LogP contribution in [0.5, 0.6) is 0 Å². The van der Waals surface area contributed by atoms with Gasteiger partial charge < -0.3 is 52.5 Å². The van der Waals surface area contributed by atoms with Crippen LogP contribution >= 0.6 is 12.4 Å². The number of aliphatic hydroxyl groups is 1. The van der Waals surface area contributed by atoms with Crippen molar-refractivity contribution in [2.75, 3.05) is 34.2 Å². The maximum atomic E-state index is 13.7. The fourth-order valence-corrected chi connectivity index (χ4v) is 11.0. The van der Waals surface area contributed by atoms with Gasteiger partial charge in [-0.25, -0.2) is 4.79 Å². The van der Waals surface area contributed by atoms with Crippen molar-refractivity contribution in [2.24, 2.45) is 62.9 Å². The second-order valence-electron chi connectivity index (χ2n) is 23.4. The molecular weight excluding hydrogens is 882 g/mol. The van der Waals surface area contributed by atoms with Gasteiger partial charge in [0.25, 0.3) is 11.8 Å². The Labute approximate surface area is 403 Å². The lowest BCUT2D eigenvalue weighted by atomic mass is 9.79. The first-order valence-electron chi connectivity index (χ1n) is 24.1. The minimum absolute atomic E-state index is 0. The number of hydrogen-bond acceptors (Lipinski definition) is 10. The Bertz CT molecular complexity index is 1890. The zero-order valence-corrected chi connectivity index (χ0v) is 43.0. The normalized spacial score (nSPS) is 27.7. The number of ketones is 1. The molecule has 0 aromatic carbocycles. The number of piperidine rings is 2. The molecule has 0 aromatic rings. The average Bonchev–Trinajstić information content (AvgIpc) is 3.66. The number of nitrogens with two attached hydrogens (primary N) is 1. The molecule has 0 spiro atoms. The molecule has 380 valence electrons. The maximum absolute atomic E-state index is 13.7. The third-order valence-corrected chi connectivity index (χ3v) is 16.2. The molecule has 11 atom stereocenters. The summed E-state index contributed by atoms with van der Waals surface area (Å²) in [6.07, 6.45) is 5.84. The number of halogens is 1. The number of fused-ring (bicyclic) bond motifs is 2. The third kappa shape index (κ3) is 11.7. The minimum atomic E-state index is -1.37. The first kappa shape index (κ1) is 55.6. The van der Waals surface area contributed by atoms with Crippen LogP contribution in [0.15, 0.2) is 0 Å². The first-order chi connectivity index (χ1) is 30.5. The molecule has 6 fully saturated rings. The van der Waals surface area contributed by atoms with Crippen LogP contribution in [-0.4, -0.2) is 139 Å². The third-order valence-electron chi connectivity index (χ3n) is 16.2. The van der Waals surface area contributed by atoms with E-state index >= 15 is 0 Å². The molecule has 8 amide bonds. The van der Waals surface area contributed by atoms with Gasteiger partial charge in [-0.1, -0.05) is 108 Å². The van der Waals surface area contributed by atoms with Gasteiger partial charge in [0.2, 0.25) is 29.4 Å². The molecule has 6 aliphatic rings. The Morgan fingerprint density at radius 1 is 0.657 bits per heavy atom. The molecule has 67 heavy (non-hydrogen) atoms. The largest absolute Gasteiger partial charge is 0.381 e. The van der Waals surface area contributed by atoms with E-state index < -0.39 is 76.8 Å². The van der Waals surface area contributed by atoms with Crippen molar-refractivity contribution in [1.29, 1.82) is 0 Å². The molecule has 19 heteroatoms. The van der Waals surface area contributed by atoms with E-state index in [0.29, 0.717) is 37.8 Å². The molecule has 0 aromatic heterocycles. The highest BCUT2D eigenvalue weighted by Gasteiger charge is 2.71. The zero-order chi connectivity index (χ0) is 49.6. The van der Waals surface area contributed by atoms with Gasteiger partial charge in [0.15, 0.2) is 6.10 Å². The van der Waals surface area contributed by atoms with Crippen LogP contribution in [0.4, 0.5) is 4.79 Å². The molecule has 2 saturated heterocycles. The number of carbonyl (C=O) groups excluding carboxylic acids is 8. The predicted octanol–water partition coefficient (Wildman–Crippen LogP) is 1.85. The Balaban J connectivity index is 0.000000290. The summed E-state index contributed by atoms with van der Waals surface area (Å²) in [4.78, 5) is 106. The van der Waals surface area contributed by atoms with Crippen molar-refractivity contribution >= 4 is 59.7 Å². The van der Waals surface area contributed by atoms with Gasteiger partial charge in [-0.05, 0) is 70.0 Å². The van der Waals surface area contributed by atoms with E-state index in [9.17, 15) is 43.5 Å². The summed E-state index contributed by atoms with van der Waals surface area (Å²) in [5.41, 5.74) is 5.10. The fourth-order valence-electron chi connectivity index (χ4n) is 11.0. The molecule has 4 saturated carbocycles. The van der Waals surface area contributed by atoms with Gasteiger partial charge in [0.05, 0.1) is 18.1 Å². The second kappa shape index (κ2) is 20.9.